The van der Waals surface area contributed by atoms with E-state index in [0.29, 0.717) is 35.0 Å². The predicted octanol–water partition coefficient (Wildman–Crippen LogP) is 5.53. The highest BCUT2D eigenvalue weighted by atomic mass is 35.5. The van der Waals surface area contributed by atoms with Crippen molar-refractivity contribution < 1.29 is 23.9 Å². The van der Waals surface area contributed by atoms with Crippen molar-refractivity contribution in [2.75, 3.05) is 31.6 Å². The van der Waals surface area contributed by atoms with E-state index in [0.717, 1.165) is 28.0 Å². The molecule has 5 rings (SSSR count). The Kier molecular flexibility index (Phi) is 10.2. The second-order valence-electron chi connectivity index (χ2n) is 11.8. The van der Waals surface area contributed by atoms with Crippen molar-refractivity contribution >= 4 is 34.9 Å². The van der Waals surface area contributed by atoms with Crippen molar-refractivity contribution in [2.24, 2.45) is 0 Å². The highest BCUT2D eigenvalue weighted by Crippen LogP contribution is 2.33. The van der Waals surface area contributed by atoms with E-state index in [9.17, 15) is 19.2 Å². The number of nitrogens with zero attached hydrogens (tertiary/aromatic N) is 4. The second kappa shape index (κ2) is 14.3. The second-order valence-corrected chi connectivity index (χ2v) is 12.3. The third-order valence-electron chi connectivity index (χ3n) is 8.23. The smallest absolute Gasteiger partial charge is 0.336 e. The highest BCUT2D eigenvalue weighted by molar-refractivity contribution is 6.31. The fourth-order valence-electron chi connectivity index (χ4n) is 5.57. The van der Waals surface area contributed by atoms with Gasteiger partial charge in [0.05, 0.1) is 19.2 Å². The monoisotopic (exact) mass is 656 g/mol. The Balaban J connectivity index is 1.50. The Morgan fingerprint density at radius 3 is 2.26 bits per heavy atom. The summed E-state index contributed by atoms with van der Waals surface area (Å²) in [6, 6.07) is 19.4. The highest BCUT2D eigenvalue weighted by Gasteiger charge is 2.29. The third kappa shape index (κ3) is 7.61. The summed E-state index contributed by atoms with van der Waals surface area (Å²) in [6.07, 6.45) is 0.0608. The number of carbonyl (C=O) groups is 3. The molecule has 1 atom stereocenters. The molecule has 47 heavy (non-hydrogen) atoms. The van der Waals surface area contributed by atoms with Crippen LogP contribution in [0, 0.1) is 6.92 Å². The first-order valence-electron chi connectivity index (χ1n) is 15.4. The van der Waals surface area contributed by atoms with Crippen LogP contribution in [0.4, 0.5) is 5.69 Å². The zero-order chi connectivity index (χ0) is 33.8. The summed E-state index contributed by atoms with van der Waals surface area (Å²) < 4.78 is 12.4. The maximum Gasteiger partial charge on any atom is 0.336 e. The number of hydrogen-bond donors (Lipinski definition) is 0. The minimum atomic E-state index is -1.18. The normalized spacial score (nSPS) is 14.3. The van der Waals surface area contributed by atoms with Gasteiger partial charge in [-0.15, -0.1) is 5.10 Å². The molecule has 0 saturated carbocycles. The fraction of sp³-hybridized carbons (Fsp3) is 0.306. The van der Waals surface area contributed by atoms with Gasteiger partial charge >= 0.3 is 5.97 Å². The molecule has 11 heteroatoms. The van der Waals surface area contributed by atoms with Gasteiger partial charge in [0.25, 0.3) is 5.56 Å². The molecular weight excluding hydrogens is 620 g/mol. The van der Waals surface area contributed by atoms with Gasteiger partial charge in [-0.05, 0) is 81.3 Å². The summed E-state index contributed by atoms with van der Waals surface area (Å²) in [4.78, 5) is 56.7. The van der Waals surface area contributed by atoms with Crippen LogP contribution in [-0.2, 0) is 16.0 Å². The molecule has 1 amide bonds. The van der Waals surface area contributed by atoms with Crippen molar-refractivity contribution in [2.45, 2.75) is 46.2 Å². The Morgan fingerprint density at radius 1 is 0.936 bits per heavy atom. The quantitative estimate of drug-likeness (QED) is 0.125. The number of aromatic nitrogens is 2. The van der Waals surface area contributed by atoms with Gasteiger partial charge in [0.1, 0.15) is 5.75 Å². The molecule has 10 nitrogen and oxygen atoms in total. The lowest BCUT2D eigenvalue weighted by Gasteiger charge is -2.36. The summed E-state index contributed by atoms with van der Waals surface area (Å²) in [5, 5.41) is 4.83. The summed E-state index contributed by atoms with van der Waals surface area (Å²) >= 11 is 6.25. The third-order valence-corrected chi connectivity index (χ3v) is 8.47. The number of amides is 1. The van der Waals surface area contributed by atoms with Gasteiger partial charge in [-0.25, -0.2) is 9.48 Å². The van der Waals surface area contributed by atoms with E-state index in [1.807, 2.05) is 43.3 Å². The fourth-order valence-corrected chi connectivity index (χ4v) is 5.74. The summed E-state index contributed by atoms with van der Waals surface area (Å²) in [5.74, 6) is -0.560. The van der Waals surface area contributed by atoms with Crippen molar-refractivity contribution in [1.29, 1.82) is 0 Å². The number of rotatable bonds is 10. The molecule has 1 aliphatic rings. The Labute approximate surface area is 278 Å². The number of ether oxygens (including phenoxy) is 2. The molecule has 1 fully saturated rings. The molecule has 0 radical (unpaired) electrons. The van der Waals surface area contributed by atoms with E-state index in [1.165, 1.54) is 20.1 Å². The number of carbonyl (C=O) groups excluding carboxylic acids is 3. The van der Waals surface area contributed by atoms with Crippen molar-refractivity contribution in [3.63, 3.8) is 0 Å². The topological polar surface area (TPSA) is 111 Å². The molecular formula is C36H37ClN4O6. The van der Waals surface area contributed by atoms with Crippen molar-refractivity contribution in [3.8, 4) is 22.8 Å². The molecule has 3 aromatic carbocycles. The minimum absolute atomic E-state index is 0.0211. The first-order chi connectivity index (χ1) is 22.4. The summed E-state index contributed by atoms with van der Waals surface area (Å²) in [5.41, 5.74) is 2.85. The predicted molar refractivity (Wildman–Crippen MR) is 181 cm³/mol. The summed E-state index contributed by atoms with van der Waals surface area (Å²) in [7, 11) is 1.39. The molecule has 1 saturated heterocycles. The number of piperazine rings is 1. The first-order valence-corrected chi connectivity index (χ1v) is 15.7. The molecule has 1 aromatic heterocycles. The van der Waals surface area contributed by atoms with Crippen LogP contribution in [0.1, 0.15) is 48.3 Å². The molecule has 0 spiro atoms. The lowest BCUT2D eigenvalue weighted by atomic mass is 9.98. The number of aryl methyl sites for hydroxylation is 1. The molecule has 0 bridgehead atoms. The molecule has 1 aliphatic heterocycles. The maximum atomic E-state index is 13.8. The Bertz CT molecular complexity index is 1850. The molecule has 0 N–H and O–H groups in total. The number of ketones is 1. The molecule has 4 aromatic rings. The van der Waals surface area contributed by atoms with Crippen LogP contribution in [0.25, 0.3) is 11.1 Å². The molecule has 244 valence electrons. The number of anilines is 1. The van der Waals surface area contributed by atoms with Gasteiger partial charge < -0.3 is 14.4 Å². The van der Waals surface area contributed by atoms with E-state index in [2.05, 4.69) is 23.8 Å². The van der Waals surface area contributed by atoms with E-state index in [1.54, 1.807) is 35.2 Å². The number of methoxy groups -OCH3 is 1. The van der Waals surface area contributed by atoms with Gasteiger partial charge in [0.2, 0.25) is 11.8 Å². The maximum absolute atomic E-state index is 13.8. The number of Topliss-reactive ketones (excluding diaryl/α,β-unsaturated/α-hetero) is 1. The van der Waals surface area contributed by atoms with Crippen LogP contribution in [-0.4, -0.2) is 65.1 Å². The lowest BCUT2D eigenvalue weighted by molar-refractivity contribution is -0.138. The van der Waals surface area contributed by atoms with Gasteiger partial charge in [0.15, 0.2) is 11.8 Å². The number of hydrogen-bond acceptors (Lipinski definition) is 8. The Hall–Kier alpha value is -4.80. The average molecular weight is 657 g/mol. The minimum Gasteiger partial charge on any atom is -0.480 e. The van der Waals surface area contributed by atoms with Crippen LogP contribution >= 0.6 is 11.6 Å². The SMILES string of the molecule is COc1nn(C(Cc2ccc(N3CCN(C(C)C)CC3=O)cc2)C(=O)Oc2ccc(C)cc2)c(=O)cc1-c1cc(Cl)ccc1C(C)=O. The van der Waals surface area contributed by atoms with Crippen LogP contribution in [0.5, 0.6) is 11.6 Å². The van der Waals surface area contributed by atoms with Gasteiger partial charge in [-0.2, -0.15) is 0 Å². The number of benzene rings is 3. The molecule has 0 aliphatic carbocycles. The van der Waals surface area contributed by atoms with Crippen LogP contribution in [0.2, 0.25) is 5.02 Å². The molecule has 2 heterocycles. The van der Waals surface area contributed by atoms with Gasteiger partial charge in [0, 0.05) is 47.9 Å². The van der Waals surface area contributed by atoms with Crippen LogP contribution < -0.4 is 19.9 Å². The lowest BCUT2D eigenvalue weighted by Crippen LogP contribution is -2.52. The number of halogens is 1. The molecule has 1 unspecified atom stereocenters. The van der Waals surface area contributed by atoms with Gasteiger partial charge in [-0.1, -0.05) is 41.4 Å². The van der Waals surface area contributed by atoms with Crippen LogP contribution in [0.3, 0.4) is 0 Å². The summed E-state index contributed by atoms with van der Waals surface area (Å²) in [6.45, 7) is 9.17. The van der Waals surface area contributed by atoms with Gasteiger partial charge in [-0.3, -0.25) is 19.3 Å². The zero-order valence-corrected chi connectivity index (χ0v) is 27.8. The zero-order valence-electron chi connectivity index (χ0n) is 27.0. The largest absolute Gasteiger partial charge is 0.480 e. The first kappa shape index (κ1) is 33.6. The van der Waals surface area contributed by atoms with Crippen molar-refractivity contribution in [1.82, 2.24) is 14.7 Å². The average Bonchev–Trinajstić information content (AvgIpc) is 3.04. The van der Waals surface area contributed by atoms with E-state index >= 15 is 0 Å². The van der Waals surface area contributed by atoms with E-state index < -0.39 is 17.6 Å². The Morgan fingerprint density at radius 2 is 1.64 bits per heavy atom. The standard InChI is InChI=1S/C36H37ClN4O6/c1-22(2)39-16-17-40(34(44)21-39)27-11-8-25(9-12-27)18-32(36(45)47-28-13-6-23(3)7-14-28)41-33(43)20-31(35(38-41)46-5)30-19-26(37)10-15-29(30)24(4)42/h6-15,19-20,22,32H,16-18,21H2,1-5H3. The van der Waals surface area contributed by atoms with Crippen molar-refractivity contribution in [3.05, 3.63) is 105 Å². The van der Waals surface area contributed by atoms with Crippen LogP contribution in [0.15, 0.2) is 77.6 Å². The van der Waals surface area contributed by atoms with E-state index in [-0.39, 0.29) is 35.6 Å². The number of esters is 1. The van der Waals surface area contributed by atoms with E-state index in [4.69, 9.17) is 21.1 Å².